The third-order valence-corrected chi connectivity index (χ3v) is 4.58. The minimum Gasteiger partial charge on any atom is -0.496 e. The van der Waals surface area contributed by atoms with Crippen molar-refractivity contribution >= 4 is 11.7 Å². The van der Waals surface area contributed by atoms with Crippen LogP contribution in [0.3, 0.4) is 0 Å². The zero-order valence-corrected chi connectivity index (χ0v) is 15.2. The molecule has 3 heterocycles. The molecule has 0 spiro atoms. The number of nitrogens with one attached hydrogen (secondary N) is 1. The quantitative estimate of drug-likeness (QED) is 0.885. The van der Waals surface area contributed by atoms with Crippen molar-refractivity contribution in [2.45, 2.75) is 25.8 Å². The number of hydrogen-bond donors (Lipinski definition) is 1. The number of piperidine rings is 1. The van der Waals surface area contributed by atoms with Crippen molar-refractivity contribution in [3.05, 3.63) is 46.3 Å². The monoisotopic (exact) mass is 357 g/mol. The van der Waals surface area contributed by atoms with Crippen LogP contribution in [0.2, 0.25) is 0 Å². The Hall–Kier alpha value is -2.90. The summed E-state index contributed by atoms with van der Waals surface area (Å²) in [6.07, 6.45) is 4.73. The Labute approximate surface area is 151 Å². The normalized spacial score (nSPS) is 15.0. The molecule has 0 radical (unpaired) electrons. The van der Waals surface area contributed by atoms with Gasteiger partial charge in [-0.15, -0.1) is 0 Å². The molecule has 2 aromatic heterocycles. The molecule has 1 N–H and O–H groups in total. The summed E-state index contributed by atoms with van der Waals surface area (Å²) in [4.78, 5) is 34.7. The van der Waals surface area contributed by atoms with E-state index in [4.69, 9.17) is 4.74 Å². The van der Waals surface area contributed by atoms with E-state index in [1.807, 2.05) is 13.0 Å². The van der Waals surface area contributed by atoms with E-state index >= 15 is 0 Å². The number of amides is 1. The SMILES string of the molecule is COc1cc(=O)n(C)cc1C(=O)N1CCC(Nc2cc(C)ncn2)CC1. The van der Waals surface area contributed by atoms with E-state index in [2.05, 4.69) is 15.3 Å². The number of hydrogen-bond acceptors (Lipinski definition) is 6. The zero-order chi connectivity index (χ0) is 18.7. The van der Waals surface area contributed by atoms with Gasteiger partial charge in [0, 0.05) is 50.2 Å². The van der Waals surface area contributed by atoms with Crippen molar-refractivity contribution in [1.82, 2.24) is 19.4 Å². The summed E-state index contributed by atoms with van der Waals surface area (Å²) in [5, 5.41) is 3.40. The van der Waals surface area contributed by atoms with Gasteiger partial charge in [0.1, 0.15) is 17.9 Å². The Morgan fingerprint density at radius 3 is 2.65 bits per heavy atom. The number of anilines is 1. The van der Waals surface area contributed by atoms with Crippen LogP contribution in [0.4, 0.5) is 5.82 Å². The van der Waals surface area contributed by atoms with Crippen LogP contribution in [0.5, 0.6) is 5.75 Å². The average Bonchev–Trinajstić information content (AvgIpc) is 2.63. The van der Waals surface area contributed by atoms with Crippen LogP contribution in [0.15, 0.2) is 29.5 Å². The lowest BCUT2D eigenvalue weighted by molar-refractivity contribution is 0.0714. The number of methoxy groups -OCH3 is 1. The van der Waals surface area contributed by atoms with Crippen molar-refractivity contribution in [3.63, 3.8) is 0 Å². The van der Waals surface area contributed by atoms with Gasteiger partial charge >= 0.3 is 0 Å². The summed E-state index contributed by atoms with van der Waals surface area (Å²) in [5.41, 5.74) is 1.12. The minimum atomic E-state index is -0.207. The molecule has 0 atom stereocenters. The van der Waals surface area contributed by atoms with E-state index in [9.17, 15) is 9.59 Å². The van der Waals surface area contributed by atoms with Crippen molar-refractivity contribution in [2.24, 2.45) is 7.05 Å². The van der Waals surface area contributed by atoms with E-state index < -0.39 is 0 Å². The third-order valence-electron chi connectivity index (χ3n) is 4.58. The molecule has 1 fully saturated rings. The van der Waals surface area contributed by atoms with Gasteiger partial charge in [0.25, 0.3) is 11.5 Å². The standard InChI is InChI=1S/C18H23N5O3/c1-12-8-16(20-11-19-12)21-13-4-6-23(7-5-13)18(25)14-10-22(2)17(24)9-15(14)26-3/h8-11,13H,4-7H2,1-3H3,(H,19,20,21). The molecule has 8 heteroatoms. The lowest BCUT2D eigenvalue weighted by Gasteiger charge is -2.33. The number of carbonyl (C=O) groups excluding carboxylic acids is 1. The highest BCUT2D eigenvalue weighted by molar-refractivity contribution is 5.96. The van der Waals surface area contributed by atoms with E-state index in [0.717, 1.165) is 24.4 Å². The largest absolute Gasteiger partial charge is 0.496 e. The fraction of sp³-hybridized carbons (Fsp3) is 0.444. The molecule has 8 nitrogen and oxygen atoms in total. The molecule has 1 aliphatic heterocycles. The number of ether oxygens (including phenoxy) is 1. The van der Waals surface area contributed by atoms with Gasteiger partial charge in [-0.25, -0.2) is 9.97 Å². The fourth-order valence-corrected chi connectivity index (χ4v) is 3.08. The van der Waals surface area contributed by atoms with Crippen LogP contribution in [-0.2, 0) is 7.05 Å². The number of rotatable bonds is 4. The van der Waals surface area contributed by atoms with E-state index in [1.54, 1.807) is 18.3 Å². The number of nitrogens with zero attached hydrogens (tertiary/aromatic N) is 4. The van der Waals surface area contributed by atoms with Crippen LogP contribution in [0.25, 0.3) is 0 Å². The molecule has 3 rings (SSSR count). The van der Waals surface area contributed by atoms with Crippen LogP contribution in [-0.4, -0.2) is 51.6 Å². The second-order valence-electron chi connectivity index (χ2n) is 6.46. The Bertz CT molecular complexity index is 856. The number of aryl methyl sites for hydroxylation is 2. The molecule has 2 aromatic rings. The highest BCUT2D eigenvalue weighted by Crippen LogP contribution is 2.21. The maximum atomic E-state index is 12.8. The Kier molecular flexibility index (Phi) is 5.20. The Balaban J connectivity index is 1.65. The summed E-state index contributed by atoms with van der Waals surface area (Å²) in [7, 11) is 3.09. The Morgan fingerprint density at radius 2 is 2.00 bits per heavy atom. The molecular weight excluding hydrogens is 334 g/mol. The molecule has 1 amide bonds. The van der Waals surface area contributed by atoms with Gasteiger partial charge in [-0.3, -0.25) is 9.59 Å². The lowest BCUT2D eigenvalue weighted by atomic mass is 10.0. The molecule has 26 heavy (non-hydrogen) atoms. The van der Waals surface area contributed by atoms with Crippen molar-refractivity contribution < 1.29 is 9.53 Å². The first-order valence-electron chi connectivity index (χ1n) is 8.57. The fourth-order valence-electron chi connectivity index (χ4n) is 3.08. The molecule has 0 saturated carbocycles. The van der Waals surface area contributed by atoms with Gasteiger partial charge in [-0.05, 0) is 19.8 Å². The predicted octanol–water partition coefficient (Wildman–Crippen LogP) is 1.21. The van der Waals surface area contributed by atoms with Gasteiger partial charge < -0.3 is 19.5 Å². The second kappa shape index (κ2) is 7.55. The molecule has 138 valence electrons. The zero-order valence-electron chi connectivity index (χ0n) is 15.2. The number of carbonyl (C=O) groups is 1. The summed E-state index contributed by atoms with van der Waals surface area (Å²) in [6.45, 7) is 3.19. The summed E-state index contributed by atoms with van der Waals surface area (Å²) in [5.74, 6) is 1.01. The van der Waals surface area contributed by atoms with Crippen LogP contribution in [0.1, 0.15) is 28.9 Å². The highest BCUT2D eigenvalue weighted by atomic mass is 16.5. The molecule has 0 bridgehead atoms. The molecule has 1 aliphatic rings. The second-order valence-corrected chi connectivity index (χ2v) is 6.46. The number of aromatic nitrogens is 3. The first-order chi connectivity index (χ1) is 12.5. The summed E-state index contributed by atoms with van der Waals surface area (Å²) in [6, 6.07) is 3.52. The molecule has 0 unspecified atom stereocenters. The average molecular weight is 357 g/mol. The van der Waals surface area contributed by atoms with Crippen LogP contribution in [0, 0.1) is 6.92 Å². The van der Waals surface area contributed by atoms with E-state index in [-0.39, 0.29) is 17.5 Å². The number of pyridine rings is 1. The minimum absolute atomic E-state index is 0.117. The van der Waals surface area contributed by atoms with Gasteiger partial charge in [0.15, 0.2) is 0 Å². The van der Waals surface area contributed by atoms with Gasteiger partial charge in [0.05, 0.1) is 12.7 Å². The maximum absolute atomic E-state index is 12.8. The molecule has 1 saturated heterocycles. The Morgan fingerprint density at radius 1 is 1.27 bits per heavy atom. The number of likely N-dealkylation sites (tertiary alicyclic amines) is 1. The topological polar surface area (TPSA) is 89.4 Å². The first kappa shape index (κ1) is 17.9. The van der Waals surface area contributed by atoms with Gasteiger partial charge in [-0.1, -0.05) is 0 Å². The van der Waals surface area contributed by atoms with Crippen LogP contribution >= 0.6 is 0 Å². The van der Waals surface area contributed by atoms with E-state index in [1.165, 1.54) is 23.9 Å². The van der Waals surface area contributed by atoms with Crippen molar-refractivity contribution in [1.29, 1.82) is 0 Å². The third kappa shape index (κ3) is 3.84. The molecular formula is C18H23N5O3. The van der Waals surface area contributed by atoms with Crippen molar-refractivity contribution in [2.75, 3.05) is 25.5 Å². The highest BCUT2D eigenvalue weighted by Gasteiger charge is 2.26. The lowest BCUT2D eigenvalue weighted by Crippen LogP contribution is -2.42. The van der Waals surface area contributed by atoms with Crippen LogP contribution < -0.4 is 15.6 Å². The first-order valence-corrected chi connectivity index (χ1v) is 8.57. The van der Waals surface area contributed by atoms with E-state index in [0.29, 0.717) is 24.4 Å². The molecule has 0 aromatic carbocycles. The smallest absolute Gasteiger partial charge is 0.259 e. The maximum Gasteiger partial charge on any atom is 0.259 e. The summed E-state index contributed by atoms with van der Waals surface area (Å²) < 4.78 is 6.61. The molecule has 0 aliphatic carbocycles. The summed E-state index contributed by atoms with van der Waals surface area (Å²) >= 11 is 0. The van der Waals surface area contributed by atoms with Crippen molar-refractivity contribution in [3.8, 4) is 5.75 Å². The van der Waals surface area contributed by atoms with Gasteiger partial charge in [0.2, 0.25) is 0 Å². The van der Waals surface area contributed by atoms with Gasteiger partial charge in [-0.2, -0.15) is 0 Å². The predicted molar refractivity (Wildman–Crippen MR) is 97.6 cm³/mol.